The summed E-state index contributed by atoms with van der Waals surface area (Å²) in [6.45, 7) is 11.8. The zero-order chi connectivity index (χ0) is 60.8. The Balaban J connectivity index is 0.000000180. The Kier molecular flexibility index (Phi) is 19.3. The van der Waals surface area contributed by atoms with Crippen LogP contribution in [0.1, 0.15) is 85.5 Å². The largest absolute Gasteiger partial charge is 0.389 e. The number of fused-ring (bicyclic) bond motifs is 2. The van der Waals surface area contributed by atoms with Crippen LogP contribution >= 0.6 is 0 Å². The van der Waals surface area contributed by atoms with E-state index in [1.54, 1.807) is 17.0 Å². The highest BCUT2D eigenvalue weighted by atomic mass is 19.2. The Bertz CT molecular complexity index is 3390. The van der Waals surface area contributed by atoms with Gasteiger partial charge in [0, 0.05) is 141 Å². The lowest BCUT2D eigenvalue weighted by Gasteiger charge is -2.43. The van der Waals surface area contributed by atoms with Crippen molar-refractivity contribution in [2.45, 2.75) is 93.0 Å². The molecular formula is C65H80F3N9O10. The molecule has 2 atom stereocenters. The topological polar surface area (TPSA) is 228 Å². The summed E-state index contributed by atoms with van der Waals surface area (Å²) >= 11 is 0. The SMILES string of the molecule is O=C(/C=C/c1cc(F)c(F)cc1F)N1CCC(O)(C(O)CN2CCC(c3c[nH]c4ccc(N5CCOCC5)cc34)CC2)CC1.O=C(Cc1cccc([N+](=O)[O-])c1)N1CCC(O)(C(O)CN2CCC(c3c[nH]c4ccc(N5CCOCC5)cc34)CC2)CC1. The molecule has 6 aromatic rings. The molecule has 2 amide bonds. The number of hydrogen-bond acceptors (Lipinski definition) is 14. The first-order valence-corrected chi connectivity index (χ1v) is 30.7. The lowest BCUT2D eigenvalue weighted by atomic mass is 9.84. The predicted molar refractivity (Wildman–Crippen MR) is 325 cm³/mol. The molecule has 0 aliphatic carbocycles. The summed E-state index contributed by atoms with van der Waals surface area (Å²) in [6.07, 6.45) is 9.57. The number of aliphatic hydroxyl groups is 4. The molecule has 2 unspecified atom stereocenters. The molecule has 6 aliphatic rings. The number of aliphatic hydroxyl groups excluding tert-OH is 2. The van der Waals surface area contributed by atoms with Crippen molar-refractivity contribution in [2.24, 2.45) is 0 Å². The Morgan fingerprint density at radius 2 is 1.09 bits per heavy atom. The number of hydrogen-bond donors (Lipinski definition) is 6. The number of nitrogens with one attached hydrogen (secondary N) is 2. The lowest BCUT2D eigenvalue weighted by Crippen LogP contribution is -2.56. The third-order valence-electron chi connectivity index (χ3n) is 19.1. The van der Waals surface area contributed by atoms with E-state index in [2.05, 4.69) is 78.4 Å². The number of benzene rings is 4. The van der Waals surface area contributed by atoms with Gasteiger partial charge in [-0.05, 0) is 155 Å². The van der Waals surface area contributed by atoms with E-state index >= 15 is 0 Å². The number of nitro benzene ring substituents is 1. The molecule has 0 spiro atoms. The van der Waals surface area contributed by atoms with Crippen LogP contribution in [0.5, 0.6) is 0 Å². The standard InChI is InChI=1S/C33H39F3N4O4.C32H41N5O6/c34-27-19-29(36)28(35)17-23(27)1-4-32(42)40-11-7-33(43,8-12-40)31(41)21-38-9-5-22(6-10-38)26-20-37-30-3-2-24(18-25(26)30)39-13-15-44-16-14-39;38-30(32(40)8-12-36(13-9-32)31(39)19-23-2-1-3-26(18-23)37(41)42)22-34-10-6-24(7-11-34)28-21-33-29-5-4-25(20-27(28)29)35-14-16-43-17-15-35/h1-4,17-20,22,31,37,41,43H,5-16,21H2;1-5,18,20-21,24,30,33,38,40H,6-17,19,22H2/b4-1+;. The van der Waals surface area contributed by atoms with Crippen LogP contribution < -0.4 is 9.80 Å². The van der Waals surface area contributed by atoms with Gasteiger partial charge in [0.25, 0.3) is 5.69 Å². The van der Waals surface area contributed by atoms with E-state index in [-0.39, 0.29) is 49.5 Å². The third kappa shape index (κ3) is 14.5. The highest BCUT2D eigenvalue weighted by Crippen LogP contribution is 2.38. The molecule has 19 nitrogen and oxygen atoms in total. The van der Waals surface area contributed by atoms with Crippen LogP contribution in [0, 0.1) is 27.6 Å². The highest BCUT2D eigenvalue weighted by Gasteiger charge is 2.43. The first kappa shape index (κ1) is 61.7. The van der Waals surface area contributed by atoms with Crippen molar-refractivity contribution in [1.29, 1.82) is 0 Å². The van der Waals surface area contributed by atoms with Gasteiger partial charge < -0.3 is 69.3 Å². The Morgan fingerprint density at radius 1 is 0.621 bits per heavy atom. The van der Waals surface area contributed by atoms with Crippen LogP contribution in [0.2, 0.25) is 0 Å². The van der Waals surface area contributed by atoms with Gasteiger partial charge in [0.1, 0.15) is 5.82 Å². The Hall–Kier alpha value is -6.89. The molecule has 12 rings (SSSR count). The number of β-amino-alcohol motifs (C(OH)–C–C–N with tert-alkyl or cyclic N) is 2. The van der Waals surface area contributed by atoms with E-state index in [1.807, 2.05) is 0 Å². The van der Waals surface area contributed by atoms with Crippen LogP contribution in [0.4, 0.5) is 30.2 Å². The summed E-state index contributed by atoms with van der Waals surface area (Å²) in [5, 5.41) is 58.3. The fourth-order valence-corrected chi connectivity index (χ4v) is 13.6. The summed E-state index contributed by atoms with van der Waals surface area (Å²) < 4.78 is 51.5. The number of ether oxygens (including phenoxy) is 2. The fraction of sp³-hybridized carbons (Fsp3) is 0.508. The highest BCUT2D eigenvalue weighted by molar-refractivity contribution is 5.92. The molecule has 6 saturated heterocycles. The summed E-state index contributed by atoms with van der Waals surface area (Å²) in [5.41, 5.74) is 5.18. The predicted octanol–water partition coefficient (Wildman–Crippen LogP) is 7.08. The normalized spacial score (nSPS) is 20.9. The molecule has 0 saturated carbocycles. The van der Waals surface area contributed by atoms with E-state index < -0.39 is 51.7 Å². The molecule has 4 aromatic carbocycles. The van der Waals surface area contributed by atoms with Gasteiger partial charge in [-0.25, -0.2) is 13.2 Å². The molecule has 8 heterocycles. The molecule has 6 aliphatic heterocycles. The van der Waals surface area contributed by atoms with Crippen LogP contribution in [-0.2, 0) is 25.5 Å². The van der Waals surface area contributed by atoms with E-state index in [9.17, 15) is 53.3 Å². The van der Waals surface area contributed by atoms with Crippen LogP contribution in [0.15, 0.2) is 91.3 Å². The number of anilines is 2. The number of carbonyl (C=O) groups excluding carboxylic acids is 2. The molecular weight excluding hydrogens is 1120 g/mol. The number of aromatic nitrogens is 2. The van der Waals surface area contributed by atoms with Gasteiger partial charge in [0.15, 0.2) is 11.6 Å². The van der Waals surface area contributed by atoms with E-state index in [4.69, 9.17) is 9.47 Å². The third-order valence-corrected chi connectivity index (χ3v) is 19.1. The summed E-state index contributed by atoms with van der Waals surface area (Å²) in [6, 6.07) is 20.5. The number of carbonyl (C=O) groups is 2. The molecule has 0 radical (unpaired) electrons. The van der Waals surface area contributed by atoms with Gasteiger partial charge in [-0.15, -0.1) is 0 Å². The second-order valence-electron chi connectivity index (χ2n) is 24.5. The minimum absolute atomic E-state index is 0.0372. The number of piperidine rings is 4. The van der Waals surface area contributed by atoms with Gasteiger partial charge >= 0.3 is 0 Å². The number of nitro groups is 1. The van der Waals surface area contributed by atoms with Gasteiger partial charge in [0.05, 0.1) is 61.2 Å². The quantitative estimate of drug-likeness (QED) is 0.0262. The smallest absolute Gasteiger partial charge is 0.269 e. The van der Waals surface area contributed by atoms with Crippen molar-refractivity contribution in [1.82, 2.24) is 29.6 Å². The Morgan fingerprint density at radius 3 is 1.57 bits per heavy atom. The zero-order valence-electron chi connectivity index (χ0n) is 49.1. The number of aromatic amines is 2. The summed E-state index contributed by atoms with van der Waals surface area (Å²) in [7, 11) is 0. The number of non-ortho nitro benzene ring substituents is 1. The maximum atomic E-state index is 13.9. The van der Waals surface area contributed by atoms with E-state index in [0.29, 0.717) is 68.6 Å². The van der Waals surface area contributed by atoms with Crippen molar-refractivity contribution in [2.75, 3.05) is 128 Å². The zero-order valence-corrected chi connectivity index (χ0v) is 49.1. The maximum absolute atomic E-state index is 13.9. The Labute approximate surface area is 504 Å². The number of H-pyrrole nitrogens is 2. The van der Waals surface area contributed by atoms with Crippen molar-refractivity contribution in [3.63, 3.8) is 0 Å². The number of halogens is 3. The first-order valence-electron chi connectivity index (χ1n) is 30.7. The van der Waals surface area contributed by atoms with Crippen LogP contribution in [-0.4, -0.2) is 208 Å². The van der Waals surface area contributed by atoms with Crippen molar-refractivity contribution < 1.29 is 57.6 Å². The average molecular weight is 1200 g/mol. The van der Waals surface area contributed by atoms with Gasteiger partial charge in [-0.1, -0.05) is 12.1 Å². The van der Waals surface area contributed by atoms with Crippen molar-refractivity contribution >= 4 is 56.8 Å². The first-order chi connectivity index (χ1) is 42.0. The molecule has 6 fully saturated rings. The number of amides is 2. The van der Waals surface area contributed by atoms with Gasteiger partial charge in [-0.2, -0.15) is 0 Å². The monoisotopic (exact) mass is 1200 g/mol. The lowest BCUT2D eigenvalue weighted by molar-refractivity contribution is -0.384. The number of likely N-dealkylation sites (tertiary alicyclic amines) is 4. The molecule has 466 valence electrons. The van der Waals surface area contributed by atoms with Crippen LogP contribution in [0.25, 0.3) is 27.9 Å². The molecule has 2 aromatic heterocycles. The van der Waals surface area contributed by atoms with Crippen LogP contribution in [0.3, 0.4) is 0 Å². The summed E-state index contributed by atoms with van der Waals surface area (Å²) in [4.78, 5) is 55.3. The van der Waals surface area contributed by atoms with E-state index in [1.165, 1.54) is 50.3 Å². The number of morpholine rings is 2. The average Bonchev–Trinajstić information content (AvgIpc) is 3.92. The van der Waals surface area contributed by atoms with Gasteiger partial charge in [-0.3, -0.25) is 19.7 Å². The van der Waals surface area contributed by atoms with E-state index in [0.717, 1.165) is 128 Å². The van der Waals surface area contributed by atoms with Gasteiger partial charge in [0.2, 0.25) is 11.8 Å². The van der Waals surface area contributed by atoms with Crippen molar-refractivity contribution in [3.05, 3.63) is 141 Å². The fourth-order valence-electron chi connectivity index (χ4n) is 13.6. The minimum Gasteiger partial charge on any atom is -0.389 e. The number of rotatable bonds is 15. The molecule has 0 bridgehead atoms. The second kappa shape index (κ2) is 27.2. The molecule has 6 N–H and O–H groups in total. The molecule has 87 heavy (non-hydrogen) atoms. The summed E-state index contributed by atoms with van der Waals surface area (Å²) in [5.74, 6) is -3.18. The number of nitrogens with zero attached hydrogens (tertiary/aromatic N) is 7. The molecule has 22 heteroatoms. The second-order valence-corrected chi connectivity index (χ2v) is 24.5. The maximum Gasteiger partial charge on any atom is 0.269 e. The van der Waals surface area contributed by atoms with Crippen molar-refractivity contribution in [3.8, 4) is 0 Å². The minimum atomic E-state index is -1.32.